The number of carboxylic acids is 1. The Morgan fingerprint density at radius 1 is 1.03 bits per heavy atom. The van der Waals surface area contributed by atoms with Gasteiger partial charge in [0.15, 0.2) is 0 Å². The number of benzene rings is 2. The van der Waals surface area contributed by atoms with Gasteiger partial charge in [-0.15, -0.1) is 0 Å². The summed E-state index contributed by atoms with van der Waals surface area (Å²) in [5, 5.41) is 12.2. The van der Waals surface area contributed by atoms with E-state index in [2.05, 4.69) is 5.32 Å². The molecule has 2 fully saturated rings. The maximum atomic E-state index is 13.2. The number of likely N-dealkylation sites (tertiary alicyclic amines) is 2. The quantitative estimate of drug-likeness (QED) is 0.638. The van der Waals surface area contributed by atoms with Crippen molar-refractivity contribution in [1.29, 1.82) is 0 Å². The summed E-state index contributed by atoms with van der Waals surface area (Å²) in [4.78, 5) is 53.1. The van der Waals surface area contributed by atoms with Crippen molar-refractivity contribution in [2.24, 2.45) is 5.92 Å². The number of rotatable bonds is 7. The molecule has 184 valence electrons. The molecular formula is C27H31N3O5. The van der Waals surface area contributed by atoms with Crippen LogP contribution in [0.25, 0.3) is 0 Å². The highest BCUT2D eigenvalue weighted by Gasteiger charge is 2.39. The molecule has 0 aromatic heterocycles. The molecule has 0 radical (unpaired) electrons. The topological polar surface area (TPSA) is 107 Å². The van der Waals surface area contributed by atoms with E-state index in [-0.39, 0.29) is 43.1 Å². The van der Waals surface area contributed by atoms with Gasteiger partial charge in [0.2, 0.25) is 11.8 Å². The molecule has 0 bridgehead atoms. The van der Waals surface area contributed by atoms with Crippen LogP contribution in [0.5, 0.6) is 0 Å². The number of aliphatic carboxylic acids is 1. The van der Waals surface area contributed by atoms with Crippen LogP contribution in [-0.4, -0.2) is 64.3 Å². The molecule has 0 saturated carbocycles. The number of carbonyl (C=O) groups is 4. The third kappa shape index (κ3) is 5.88. The lowest BCUT2D eigenvalue weighted by Gasteiger charge is -2.37. The average Bonchev–Trinajstić information content (AvgIpc) is 3.26. The lowest BCUT2D eigenvalue weighted by molar-refractivity contribution is -0.141. The highest BCUT2D eigenvalue weighted by molar-refractivity contribution is 5.95. The van der Waals surface area contributed by atoms with Gasteiger partial charge in [0.1, 0.15) is 0 Å². The van der Waals surface area contributed by atoms with Crippen LogP contribution in [0.2, 0.25) is 0 Å². The molecule has 2 N–H and O–H groups in total. The smallest absolute Gasteiger partial charge is 0.308 e. The average molecular weight is 478 g/mol. The maximum Gasteiger partial charge on any atom is 0.308 e. The van der Waals surface area contributed by atoms with Gasteiger partial charge < -0.3 is 20.2 Å². The van der Waals surface area contributed by atoms with Gasteiger partial charge in [-0.25, -0.2) is 0 Å². The summed E-state index contributed by atoms with van der Waals surface area (Å²) in [5.74, 6) is -1.99. The molecule has 0 aliphatic carbocycles. The minimum absolute atomic E-state index is 0.0398. The molecule has 2 atom stereocenters. The first-order valence-electron chi connectivity index (χ1n) is 12.0. The first-order valence-corrected chi connectivity index (χ1v) is 12.0. The number of hydrogen-bond acceptors (Lipinski definition) is 4. The van der Waals surface area contributed by atoms with E-state index in [1.165, 1.54) is 0 Å². The Morgan fingerprint density at radius 3 is 2.29 bits per heavy atom. The molecule has 2 unspecified atom stereocenters. The van der Waals surface area contributed by atoms with Crippen LogP contribution in [0.3, 0.4) is 0 Å². The summed E-state index contributed by atoms with van der Waals surface area (Å²) < 4.78 is 0. The van der Waals surface area contributed by atoms with Crippen LogP contribution in [0.4, 0.5) is 0 Å². The molecule has 2 heterocycles. The van der Waals surface area contributed by atoms with Gasteiger partial charge in [-0.2, -0.15) is 0 Å². The molecule has 3 amide bonds. The monoisotopic (exact) mass is 477 g/mol. The van der Waals surface area contributed by atoms with Crippen molar-refractivity contribution in [3.8, 4) is 0 Å². The number of carboxylic acid groups (broad SMARTS) is 1. The highest BCUT2D eigenvalue weighted by Crippen LogP contribution is 2.27. The summed E-state index contributed by atoms with van der Waals surface area (Å²) in [6.45, 7) is 3.20. The Morgan fingerprint density at radius 2 is 1.69 bits per heavy atom. The molecule has 2 aromatic rings. The maximum absolute atomic E-state index is 13.2. The molecule has 2 aromatic carbocycles. The zero-order chi connectivity index (χ0) is 24.9. The predicted molar refractivity (Wildman–Crippen MR) is 130 cm³/mol. The summed E-state index contributed by atoms with van der Waals surface area (Å²) >= 11 is 0. The van der Waals surface area contributed by atoms with Crippen molar-refractivity contribution < 1.29 is 24.3 Å². The van der Waals surface area contributed by atoms with Gasteiger partial charge in [0.05, 0.1) is 18.4 Å². The number of aryl methyl sites for hydroxylation is 1. The SMILES string of the molecule is Cc1ccc(C(=O)NC(CC(=O)N2CCC(N3CC(C(=O)O)CC3=O)CC2)c2ccccc2)cc1. The number of hydrogen-bond donors (Lipinski definition) is 2. The van der Waals surface area contributed by atoms with Gasteiger partial charge in [-0.05, 0) is 37.5 Å². The van der Waals surface area contributed by atoms with Gasteiger partial charge in [-0.1, -0.05) is 48.0 Å². The molecule has 2 aliphatic rings. The number of nitrogens with one attached hydrogen (secondary N) is 1. The predicted octanol–water partition coefficient (Wildman–Crippen LogP) is 2.78. The number of amides is 3. The fourth-order valence-corrected chi connectivity index (χ4v) is 4.86. The second-order valence-corrected chi connectivity index (χ2v) is 9.40. The fraction of sp³-hybridized carbons (Fsp3) is 0.407. The van der Waals surface area contributed by atoms with Crippen molar-refractivity contribution in [3.05, 3.63) is 71.3 Å². The zero-order valence-electron chi connectivity index (χ0n) is 19.9. The van der Waals surface area contributed by atoms with Crippen molar-refractivity contribution in [2.45, 2.75) is 44.7 Å². The van der Waals surface area contributed by atoms with Crippen LogP contribution in [-0.2, 0) is 14.4 Å². The Bertz CT molecular complexity index is 1080. The molecule has 8 nitrogen and oxygen atoms in total. The summed E-state index contributed by atoms with van der Waals surface area (Å²) in [5.41, 5.74) is 2.46. The Balaban J connectivity index is 1.38. The van der Waals surface area contributed by atoms with Crippen LogP contribution >= 0.6 is 0 Å². The third-order valence-electron chi connectivity index (χ3n) is 6.97. The summed E-state index contributed by atoms with van der Waals surface area (Å²) in [6.07, 6.45) is 1.43. The van der Waals surface area contributed by atoms with E-state index in [1.54, 1.807) is 21.9 Å². The highest BCUT2D eigenvalue weighted by atomic mass is 16.4. The van der Waals surface area contributed by atoms with Crippen molar-refractivity contribution >= 4 is 23.7 Å². The largest absolute Gasteiger partial charge is 0.481 e. The minimum atomic E-state index is -0.937. The number of nitrogens with zero attached hydrogens (tertiary/aromatic N) is 2. The molecule has 35 heavy (non-hydrogen) atoms. The molecule has 2 aliphatic heterocycles. The molecule has 2 saturated heterocycles. The van der Waals surface area contributed by atoms with E-state index in [9.17, 15) is 24.3 Å². The molecule has 4 rings (SSSR count). The molecule has 0 spiro atoms. The van der Waals surface area contributed by atoms with E-state index < -0.39 is 17.9 Å². The minimum Gasteiger partial charge on any atom is -0.481 e. The summed E-state index contributed by atoms with van der Waals surface area (Å²) in [7, 11) is 0. The van der Waals surface area contributed by atoms with Gasteiger partial charge in [-0.3, -0.25) is 19.2 Å². The third-order valence-corrected chi connectivity index (χ3v) is 6.97. The first-order chi connectivity index (χ1) is 16.8. The van der Waals surface area contributed by atoms with Crippen LogP contribution in [0.1, 0.15) is 53.2 Å². The normalized spacial score (nSPS) is 19.5. The van der Waals surface area contributed by atoms with E-state index in [4.69, 9.17) is 0 Å². The summed E-state index contributed by atoms with van der Waals surface area (Å²) in [6, 6.07) is 16.3. The van der Waals surface area contributed by atoms with Gasteiger partial charge >= 0.3 is 5.97 Å². The van der Waals surface area contributed by atoms with Crippen LogP contribution < -0.4 is 5.32 Å². The first kappa shape index (κ1) is 24.4. The second kappa shape index (κ2) is 10.7. The van der Waals surface area contributed by atoms with E-state index in [0.29, 0.717) is 31.5 Å². The zero-order valence-corrected chi connectivity index (χ0v) is 19.9. The Kier molecular flexibility index (Phi) is 7.48. The second-order valence-electron chi connectivity index (χ2n) is 9.40. The number of carbonyl (C=O) groups excluding carboxylic acids is 3. The standard InChI is InChI=1S/C27H31N3O5/c1-18-7-9-20(10-8-18)26(33)28-23(19-5-3-2-4-6-19)16-24(31)29-13-11-22(12-14-29)30-17-21(27(34)35)15-25(30)32/h2-10,21-23H,11-17H2,1H3,(H,28,33)(H,34,35). The van der Waals surface area contributed by atoms with Crippen molar-refractivity contribution in [1.82, 2.24) is 15.1 Å². The molecular weight excluding hydrogens is 446 g/mol. The van der Waals surface area contributed by atoms with E-state index in [1.807, 2.05) is 49.4 Å². The molecule has 8 heteroatoms. The van der Waals surface area contributed by atoms with Gasteiger partial charge in [0.25, 0.3) is 5.91 Å². The van der Waals surface area contributed by atoms with E-state index >= 15 is 0 Å². The Labute approximate surface area is 204 Å². The van der Waals surface area contributed by atoms with Crippen LogP contribution in [0.15, 0.2) is 54.6 Å². The van der Waals surface area contributed by atoms with Crippen molar-refractivity contribution in [2.75, 3.05) is 19.6 Å². The van der Waals surface area contributed by atoms with Crippen molar-refractivity contribution in [3.63, 3.8) is 0 Å². The lowest BCUT2D eigenvalue weighted by Crippen LogP contribution is -2.48. The van der Waals surface area contributed by atoms with Crippen LogP contribution in [0, 0.1) is 12.8 Å². The van der Waals surface area contributed by atoms with E-state index in [0.717, 1.165) is 11.1 Å². The Hall–Kier alpha value is -3.68. The lowest BCUT2D eigenvalue weighted by atomic mass is 9.99. The number of piperidine rings is 1. The fourth-order valence-electron chi connectivity index (χ4n) is 4.86. The van der Waals surface area contributed by atoms with Gasteiger partial charge in [0, 0.05) is 37.7 Å².